The molecular weight excluding hydrogens is 446 g/mol. The minimum absolute atomic E-state index is 0.159. The van der Waals surface area contributed by atoms with Crippen molar-refractivity contribution in [2.75, 3.05) is 25.6 Å². The van der Waals surface area contributed by atoms with Crippen molar-refractivity contribution >= 4 is 35.3 Å². The monoisotopic (exact) mass is 467 g/mol. The maximum Gasteiger partial charge on any atom is 0.277 e. The van der Waals surface area contributed by atoms with E-state index in [1.54, 1.807) is 66.7 Å². The number of carbonyl (C=O) groups is 2. The average molecular weight is 468 g/mol. The molecule has 0 aliphatic rings. The normalized spacial score (nSPS) is 10.5. The average Bonchev–Trinajstić information content (AvgIpc) is 2.83. The Morgan fingerprint density at radius 3 is 2.39 bits per heavy atom. The molecule has 0 fully saturated rings. The predicted molar refractivity (Wildman–Crippen MR) is 126 cm³/mol. The molecule has 0 bridgehead atoms. The Kier molecular flexibility index (Phi) is 8.67. The van der Waals surface area contributed by atoms with Crippen LogP contribution < -0.4 is 25.0 Å². The second kappa shape index (κ2) is 12.1. The number of benzene rings is 3. The Morgan fingerprint density at radius 2 is 1.64 bits per heavy atom. The molecule has 0 saturated carbocycles. The SMILES string of the molecule is COc1ccccc1NC(=O)COc1ccc(/C=N/NC(=O)COc2cccc(Cl)c2)cc1. The van der Waals surface area contributed by atoms with Gasteiger partial charge in [0.15, 0.2) is 13.2 Å². The molecule has 0 spiro atoms. The Bertz CT molecular complexity index is 1120. The van der Waals surface area contributed by atoms with E-state index in [1.165, 1.54) is 13.3 Å². The molecule has 9 heteroatoms. The quantitative estimate of drug-likeness (QED) is 0.348. The Balaban J connectivity index is 1.40. The third-order valence-electron chi connectivity index (χ3n) is 4.20. The zero-order chi connectivity index (χ0) is 23.5. The van der Waals surface area contributed by atoms with E-state index in [9.17, 15) is 9.59 Å². The van der Waals surface area contributed by atoms with Crippen molar-refractivity contribution in [2.45, 2.75) is 0 Å². The minimum atomic E-state index is -0.410. The highest BCUT2D eigenvalue weighted by Crippen LogP contribution is 2.23. The molecule has 0 saturated heterocycles. The Labute approximate surface area is 196 Å². The fraction of sp³-hybridized carbons (Fsp3) is 0.125. The highest BCUT2D eigenvalue weighted by atomic mass is 35.5. The third-order valence-corrected chi connectivity index (χ3v) is 4.44. The van der Waals surface area contributed by atoms with E-state index < -0.39 is 5.91 Å². The summed E-state index contributed by atoms with van der Waals surface area (Å²) in [6.45, 7) is -0.352. The van der Waals surface area contributed by atoms with Gasteiger partial charge in [-0.1, -0.05) is 29.8 Å². The fourth-order valence-corrected chi connectivity index (χ4v) is 2.83. The topological polar surface area (TPSA) is 98.3 Å². The van der Waals surface area contributed by atoms with Gasteiger partial charge in [-0.15, -0.1) is 0 Å². The van der Waals surface area contributed by atoms with E-state index in [1.807, 2.05) is 6.07 Å². The van der Waals surface area contributed by atoms with Crippen molar-refractivity contribution in [3.8, 4) is 17.2 Å². The van der Waals surface area contributed by atoms with Crippen molar-refractivity contribution in [2.24, 2.45) is 5.10 Å². The number of halogens is 1. The summed E-state index contributed by atoms with van der Waals surface area (Å²) in [5.41, 5.74) is 3.68. The summed E-state index contributed by atoms with van der Waals surface area (Å²) in [7, 11) is 1.53. The number of nitrogens with one attached hydrogen (secondary N) is 2. The van der Waals surface area contributed by atoms with Crippen LogP contribution in [-0.4, -0.2) is 38.4 Å². The minimum Gasteiger partial charge on any atom is -0.495 e. The summed E-state index contributed by atoms with van der Waals surface area (Å²) >= 11 is 5.86. The van der Waals surface area contributed by atoms with Crippen LogP contribution in [0.2, 0.25) is 5.02 Å². The number of methoxy groups -OCH3 is 1. The number of amides is 2. The van der Waals surface area contributed by atoms with E-state index in [-0.39, 0.29) is 19.1 Å². The molecule has 0 atom stereocenters. The number of ether oxygens (including phenoxy) is 3. The second-order valence-electron chi connectivity index (χ2n) is 6.65. The first-order valence-electron chi connectivity index (χ1n) is 9.89. The van der Waals surface area contributed by atoms with Crippen molar-refractivity contribution in [3.63, 3.8) is 0 Å². The van der Waals surface area contributed by atoms with E-state index in [2.05, 4.69) is 15.8 Å². The van der Waals surface area contributed by atoms with Gasteiger partial charge in [0.05, 0.1) is 19.0 Å². The van der Waals surface area contributed by atoms with E-state index in [0.29, 0.717) is 28.0 Å². The molecule has 0 heterocycles. The van der Waals surface area contributed by atoms with Crippen LogP contribution in [0.5, 0.6) is 17.2 Å². The number of rotatable bonds is 10. The van der Waals surface area contributed by atoms with Crippen LogP contribution in [0.25, 0.3) is 0 Å². The van der Waals surface area contributed by atoms with Crippen molar-refractivity contribution in [1.82, 2.24) is 5.43 Å². The first-order valence-corrected chi connectivity index (χ1v) is 10.3. The van der Waals surface area contributed by atoms with Gasteiger partial charge >= 0.3 is 0 Å². The predicted octanol–water partition coefficient (Wildman–Crippen LogP) is 3.90. The molecule has 2 N–H and O–H groups in total. The number of hydrogen-bond donors (Lipinski definition) is 2. The summed E-state index contributed by atoms with van der Waals surface area (Å²) in [6.07, 6.45) is 1.48. The second-order valence-corrected chi connectivity index (χ2v) is 7.08. The maximum absolute atomic E-state index is 12.1. The van der Waals surface area contributed by atoms with Crippen molar-refractivity contribution in [1.29, 1.82) is 0 Å². The molecular formula is C24H22ClN3O5. The van der Waals surface area contributed by atoms with Gasteiger partial charge in [-0.25, -0.2) is 5.43 Å². The fourth-order valence-electron chi connectivity index (χ4n) is 2.65. The van der Waals surface area contributed by atoms with Crippen LogP contribution in [0.1, 0.15) is 5.56 Å². The van der Waals surface area contributed by atoms with E-state index in [4.69, 9.17) is 25.8 Å². The first kappa shape index (κ1) is 23.6. The number of carbonyl (C=O) groups excluding carboxylic acids is 2. The first-order chi connectivity index (χ1) is 16.0. The van der Waals surface area contributed by atoms with Crippen molar-refractivity contribution < 1.29 is 23.8 Å². The van der Waals surface area contributed by atoms with E-state index >= 15 is 0 Å². The Hall–Kier alpha value is -4.04. The van der Waals surface area contributed by atoms with Gasteiger partial charge in [0.1, 0.15) is 17.2 Å². The lowest BCUT2D eigenvalue weighted by Gasteiger charge is -2.10. The molecule has 170 valence electrons. The number of hydrogen-bond acceptors (Lipinski definition) is 6. The molecule has 0 radical (unpaired) electrons. The van der Waals surface area contributed by atoms with Gasteiger partial charge in [0.2, 0.25) is 0 Å². The summed E-state index contributed by atoms with van der Waals surface area (Å²) in [5, 5.41) is 7.15. The van der Waals surface area contributed by atoms with Crippen LogP contribution in [0.4, 0.5) is 5.69 Å². The zero-order valence-corrected chi connectivity index (χ0v) is 18.5. The molecule has 3 rings (SSSR count). The molecule has 2 amide bonds. The van der Waals surface area contributed by atoms with Gasteiger partial charge in [-0.2, -0.15) is 5.10 Å². The number of hydrazone groups is 1. The summed E-state index contributed by atoms with van der Waals surface area (Å²) < 4.78 is 16.0. The summed E-state index contributed by atoms with van der Waals surface area (Å²) in [5.74, 6) is 0.854. The lowest BCUT2D eigenvalue weighted by atomic mass is 10.2. The highest BCUT2D eigenvalue weighted by Gasteiger charge is 2.08. The van der Waals surface area contributed by atoms with Gasteiger partial charge in [-0.3, -0.25) is 9.59 Å². The van der Waals surface area contributed by atoms with Crippen LogP contribution >= 0.6 is 11.6 Å². The molecule has 8 nitrogen and oxygen atoms in total. The van der Waals surface area contributed by atoms with Gasteiger partial charge in [0.25, 0.3) is 11.8 Å². The number of para-hydroxylation sites is 2. The highest BCUT2D eigenvalue weighted by molar-refractivity contribution is 6.30. The lowest BCUT2D eigenvalue weighted by molar-refractivity contribution is -0.123. The molecule has 33 heavy (non-hydrogen) atoms. The smallest absolute Gasteiger partial charge is 0.277 e. The third kappa shape index (κ3) is 7.86. The van der Waals surface area contributed by atoms with Gasteiger partial charge in [-0.05, 0) is 60.2 Å². The van der Waals surface area contributed by atoms with Gasteiger partial charge in [0, 0.05) is 5.02 Å². The lowest BCUT2D eigenvalue weighted by Crippen LogP contribution is -2.24. The summed E-state index contributed by atoms with van der Waals surface area (Å²) in [6, 6.07) is 20.8. The molecule has 0 aliphatic heterocycles. The zero-order valence-electron chi connectivity index (χ0n) is 17.8. The van der Waals surface area contributed by atoms with Crippen LogP contribution in [0, 0.1) is 0 Å². The van der Waals surface area contributed by atoms with Crippen molar-refractivity contribution in [3.05, 3.63) is 83.4 Å². The van der Waals surface area contributed by atoms with E-state index in [0.717, 1.165) is 5.56 Å². The Morgan fingerprint density at radius 1 is 0.909 bits per heavy atom. The molecule has 0 aromatic heterocycles. The van der Waals surface area contributed by atoms with Crippen LogP contribution in [0.3, 0.4) is 0 Å². The number of nitrogens with zero attached hydrogens (tertiary/aromatic N) is 1. The van der Waals surface area contributed by atoms with Crippen LogP contribution in [-0.2, 0) is 9.59 Å². The molecule has 0 unspecified atom stereocenters. The molecule has 3 aromatic carbocycles. The maximum atomic E-state index is 12.1. The van der Waals surface area contributed by atoms with Crippen LogP contribution in [0.15, 0.2) is 77.9 Å². The largest absolute Gasteiger partial charge is 0.495 e. The molecule has 3 aromatic rings. The van der Waals surface area contributed by atoms with Gasteiger partial charge < -0.3 is 19.5 Å². The molecule has 0 aliphatic carbocycles. The standard InChI is InChI=1S/C24H22ClN3O5/c1-31-22-8-3-2-7-21(22)27-23(29)15-32-19-11-9-17(10-12-19)14-26-28-24(30)16-33-20-6-4-5-18(25)13-20/h2-14H,15-16H2,1H3,(H,27,29)(H,28,30)/b26-14+. The summed E-state index contributed by atoms with van der Waals surface area (Å²) in [4.78, 5) is 23.9. The number of anilines is 1.